The van der Waals surface area contributed by atoms with E-state index in [0.717, 1.165) is 0 Å². The number of hydrogen-bond acceptors (Lipinski definition) is 5. The van der Waals surface area contributed by atoms with Crippen molar-refractivity contribution in [2.24, 2.45) is 0 Å². The summed E-state index contributed by atoms with van der Waals surface area (Å²) < 4.78 is 0. The van der Waals surface area contributed by atoms with Crippen LogP contribution in [0.5, 0.6) is 0 Å². The van der Waals surface area contributed by atoms with Gasteiger partial charge in [0, 0.05) is 24.0 Å². The van der Waals surface area contributed by atoms with E-state index in [9.17, 15) is 14.7 Å². The van der Waals surface area contributed by atoms with Crippen molar-refractivity contribution in [2.45, 2.75) is 49.0 Å². The molecule has 0 unspecified atom stereocenters. The van der Waals surface area contributed by atoms with Gasteiger partial charge in [0.05, 0.1) is 6.10 Å². The quantitative estimate of drug-likeness (QED) is 0.668. The molecular formula is C17H23N3O3S. The second kappa shape index (κ2) is 7.13. The Morgan fingerprint density at radius 3 is 2.96 bits per heavy atom. The van der Waals surface area contributed by atoms with Gasteiger partial charge in [0.25, 0.3) is 0 Å². The number of aliphatic hydroxyl groups is 1. The molecule has 24 heavy (non-hydrogen) atoms. The van der Waals surface area contributed by atoms with Crippen molar-refractivity contribution < 1.29 is 14.7 Å². The fourth-order valence-corrected chi connectivity index (χ4v) is 3.82. The number of benzene rings is 1. The number of thioether (sulfide) groups is 1. The minimum Gasteiger partial charge on any atom is -0.391 e. The van der Waals surface area contributed by atoms with Crippen molar-refractivity contribution in [3.8, 4) is 0 Å². The second-order valence-electron chi connectivity index (χ2n) is 6.40. The van der Waals surface area contributed by atoms with Crippen LogP contribution in [0.3, 0.4) is 0 Å². The molecule has 6 nitrogen and oxygen atoms in total. The number of amides is 2. The summed E-state index contributed by atoms with van der Waals surface area (Å²) in [6.45, 7) is 2.73. The molecule has 3 N–H and O–H groups in total. The van der Waals surface area contributed by atoms with Crippen LogP contribution in [0.25, 0.3) is 0 Å². The smallest absolute Gasteiger partial charge is 0.248 e. The third-order valence-corrected chi connectivity index (χ3v) is 5.39. The van der Waals surface area contributed by atoms with Crippen LogP contribution < -0.4 is 10.6 Å². The number of nitrogens with zero attached hydrogens (tertiary/aromatic N) is 1. The van der Waals surface area contributed by atoms with Gasteiger partial charge in [0.2, 0.25) is 11.8 Å². The van der Waals surface area contributed by atoms with Crippen LogP contribution in [0, 0.1) is 0 Å². The molecule has 2 fully saturated rings. The van der Waals surface area contributed by atoms with Crippen molar-refractivity contribution in [2.75, 3.05) is 12.8 Å². The predicted molar refractivity (Wildman–Crippen MR) is 92.6 cm³/mol. The summed E-state index contributed by atoms with van der Waals surface area (Å²) in [4.78, 5) is 27.4. The molecule has 2 aliphatic heterocycles. The maximum absolute atomic E-state index is 12.4. The van der Waals surface area contributed by atoms with E-state index in [-0.39, 0.29) is 17.9 Å². The van der Waals surface area contributed by atoms with Crippen molar-refractivity contribution >= 4 is 23.6 Å². The first-order valence-electron chi connectivity index (χ1n) is 8.15. The summed E-state index contributed by atoms with van der Waals surface area (Å²) in [6.07, 6.45) is 1.76. The SMILES string of the molecule is CSc1cccc(CN[C@H]2C[C@H]3C(=O)N[C@@H]([C@@H](C)O)C(=O)N3C2)c1. The van der Waals surface area contributed by atoms with Crippen LogP contribution in [-0.4, -0.2) is 58.9 Å². The second-order valence-corrected chi connectivity index (χ2v) is 7.28. The largest absolute Gasteiger partial charge is 0.391 e. The molecule has 0 aromatic heterocycles. The molecule has 4 atom stereocenters. The van der Waals surface area contributed by atoms with Gasteiger partial charge < -0.3 is 20.6 Å². The zero-order chi connectivity index (χ0) is 17.3. The van der Waals surface area contributed by atoms with Crippen LogP contribution in [-0.2, 0) is 16.1 Å². The molecule has 1 aromatic rings. The highest BCUT2D eigenvalue weighted by atomic mass is 32.2. The minimum absolute atomic E-state index is 0.0791. The van der Waals surface area contributed by atoms with Crippen molar-refractivity contribution in [1.82, 2.24) is 15.5 Å². The lowest BCUT2D eigenvalue weighted by molar-refractivity contribution is -0.149. The van der Waals surface area contributed by atoms with Crippen LogP contribution in [0.2, 0.25) is 0 Å². The van der Waals surface area contributed by atoms with E-state index in [1.165, 1.54) is 17.4 Å². The highest BCUT2D eigenvalue weighted by Crippen LogP contribution is 2.24. The highest BCUT2D eigenvalue weighted by Gasteiger charge is 2.47. The van der Waals surface area contributed by atoms with Gasteiger partial charge in [-0.05, 0) is 37.3 Å². The average Bonchev–Trinajstić information content (AvgIpc) is 3.01. The number of carbonyl (C=O) groups is 2. The van der Waals surface area contributed by atoms with Gasteiger partial charge in [-0.25, -0.2) is 0 Å². The topological polar surface area (TPSA) is 81.7 Å². The van der Waals surface area contributed by atoms with Gasteiger partial charge in [-0.1, -0.05) is 12.1 Å². The molecule has 3 rings (SSSR count). The number of fused-ring (bicyclic) bond motifs is 1. The molecule has 2 heterocycles. The van der Waals surface area contributed by atoms with Gasteiger partial charge in [-0.15, -0.1) is 11.8 Å². The monoisotopic (exact) mass is 349 g/mol. The van der Waals surface area contributed by atoms with Gasteiger partial charge in [-0.3, -0.25) is 9.59 Å². The first kappa shape index (κ1) is 17.3. The van der Waals surface area contributed by atoms with E-state index in [2.05, 4.69) is 28.8 Å². The normalized spacial score (nSPS) is 27.8. The molecule has 2 aliphatic rings. The molecular weight excluding hydrogens is 326 g/mol. The Morgan fingerprint density at radius 2 is 2.25 bits per heavy atom. The molecule has 1 aromatic carbocycles. The van der Waals surface area contributed by atoms with E-state index in [1.807, 2.05) is 12.3 Å². The summed E-state index contributed by atoms with van der Waals surface area (Å²) in [6, 6.07) is 7.13. The average molecular weight is 349 g/mol. The zero-order valence-corrected chi connectivity index (χ0v) is 14.7. The summed E-state index contributed by atoms with van der Waals surface area (Å²) >= 11 is 1.70. The summed E-state index contributed by atoms with van der Waals surface area (Å²) in [7, 11) is 0. The fraction of sp³-hybridized carbons (Fsp3) is 0.529. The lowest BCUT2D eigenvalue weighted by atomic mass is 10.0. The first-order valence-corrected chi connectivity index (χ1v) is 9.37. The molecule has 0 saturated carbocycles. The first-order chi connectivity index (χ1) is 11.5. The molecule has 0 aliphatic carbocycles. The summed E-state index contributed by atoms with van der Waals surface area (Å²) in [5, 5.41) is 15.8. The number of piperazine rings is 1. The third-order valence-electron chi connectivity index (χ3n) is 4.66. The summed E-state index contributed by atoms with van der Waals surface area (Å²) in [5.74, 6) is -0.363. The van der Waals surface area contributed by atoms with E-state index < -0.39 is 18.2 Å². The number of aliphatic hydroxyl groups excluding tert-OH is 1. The maximum atomic E-state index is 12.4. The Balaban J connectivity index is 1.62. The van der Waals surface area contributed by atoms with Crippen LogP contribution in [0.4, 0.5) is 0 Å². The van der Waals surface area contributed by atoms with E-state index in [0.29, 0.717) is 19.5 Å². The Labute approximate surface area is 146 Å². The van der Waals surface area contributed by atoms with Gasteiger partial charge in [0.15, 0.2) is 0 Å². The third kappa shape index (κ3) is 3.43. The standard InChI is InChI=1S/C17H23N3O3S/c1-10(21)15-17(23)20-9-12(7-14(20)16(22)19-15)18-8-11-4-3-5-13(6-11)24-2/h3-6,10,12,14-15,18,21H,7-9H2,1-2H3,(H,19,22)/t10-,12+,14+,15+/m1/s1. The van der Waals surface area contributed by atoms with Crippen LogP contribution in [0.15, 0.2) is 29.2 Å². The van der Waals surface area contributed by atoms with Crippen LogP contribution >= 0.6 is 11.8 Å². The predicted octanol–water partition coefficient (Wildman–Crippen LogP) is 0.347. The van der Waals surface area contributed by atoms with Crippen molar-refractivity contribution in [3.63, 3.8) is 0 Å². The van der Waals surface area contributed by atoms with E-state index in [4.69, 9.17) is 0 Å². The summed E-state index contributed by atoms with van der Waals surface area (Å²) in [5.41, 5.74) is 1.18. The van der Waals surface area contributed by atoms with Gasteiger partial charge in [0.1, 0.15) is 12.1 Å². The lowest BCUT2D eigenvalue weighted by Crippen LogP contribution is -2.64. The Hall–Kier alpha value is -1.57. The Kier molecular flexibility index (Phi) is 5.12. The van der Waals surface area contributed by atoms with E-state index in [1.54, 1.807) is 16.7 Å². The van der Waals surface area contributed by atoms with Gasteiger partial charge in [-0.2, -0.15) is 0 Å². The number of rotatable bonds is 5. The number of nitrogens with one attached hydrogen (secondary N) is 2. The molecule has 2 amide bonds. The lowest BCUT2D eigenvalue weighted by Gasteiger charge is -2.35. The molecule has 0 bridgehead atoms. The highest BCUT2D eigenvalue weighted by molar-refractivity contribution is 7.98. The van der Waals surface area contributed by atoms with Crippen molar-refractivity contribution in [1.29, 1.82) is 0 Å². The molecule has 130 valence electrons. The molecule has 7 heteroatoms. The number of hydrogen-bond donors (Lipinski definition) is 3. The molecule has 0 spiro atoms. The van der Waals surface area contributed by atoms with Crippen LogP contribution in [0.1, 0.15) is 18.9 Å². The fourth-order valence-electron chi connectivity index (χ4n) is 3.34. The Bertz CT molecular complexity index is 637. The molecule has 0 radical (unpaired) electrons. The van der Waals surface area contributed by atoms with E-state index >= 15 is 0 Å². The van der Waals surface area contributed by atoms with Gasteiger partial charge >= 0.3 is 0 Å². The maximum Gasteiger partial charge on any atom is 0.248 e. The van der Waals surface area contributed by atoms with Crippen molar-refractivity contribution in [3.05, 3.63) is 29.8 Å². The number of carbonyl (C=O) groups excluding carboxylic acids is 2. The molecule has 2 saturated heterocycles. The minimum atomic E-state index is -0.885. The zero-order valence-electron chi connectivity index (χ0n) is 13.9. The Morgan fingerprint density at radius 1 is 1.46 bits per heavy atom.